The van der Waals surface area contributed by atoms with Crippen molar-refractivity contribution in [3.05, 3.63) is 59.7 Å². The normalized spacial score (nSPS) is 10.6. The molecule has 2 aromatic heterocycles. The molecule has 2 heterocycles. The predicted molar refractivity (Wildman–Crippen MR) is 73.4 cm³/mol. The molecule has 0 atom stereocenters. The standard InChI is InChI=1S/C14H12N2S/c1-2-6-14-13(5-1)11(10-17-14)8-16-12-4-3-7-15-9-12/h1-7,9-10,16H,8H2. The Balaban J connectivity index is 1.82. The number of pyridine rings is 1. The zero-order valence-electron chi connectivity index (χ0n) is 9.26. The third-order valence-electron chi connectivity index (χ3n) is 2.71. The topological polar surface area (TPSA) is 24.9 Å². The van der Waals surface area contributed by atoms with Gasteiger partial charge in [0, 0.05) is 23.6 Å². The highest BCUT2D eigenvalue weighted by molar-refractivity contribution is 7.17. The number of fused-ring (bicyclic) bond motifs is 1. The highest BCUT2D eigenvalue weighted by Crippen LogP contribution is 2.26. The van der Waals surface area contributed by atoms with Gasteiger partial charge >= 0.3 is 0 Å². The Kier molecular flexibility index (Phi) is 2.76. The summed E-state index contributed by atoms with van der Waals surface area (Å²) in [7, 11) is 0. The Morgan fingerprint density at radius 1 is 1.12 bits per heavy atom. The van der Waals surface area contributed by atoms with E-state index in [0.29, 0.717) is 0 Å². The molecule has 1 aromatic carbocycles. The lowest BCUT2D eigenvalue weighted by Crippen LogP contribution is -1.98. The lowest BCUT2D eigenvalue weighted by molar-refractivity contribution is 1.16. The smallest absolute Gasteiger partial charge is 0.0529 e. The van der Waals surface area contributed by atoms with Crippen LogP contribution in [-0.2, 0) is 6.54 Å². The van der Waals surface area contributed by atoms with Gasteiger partial charge in [-0.05, 0) is 34.5 Å². The van der Waals surface area contributed by atoms with E-state index in [0.717, 1.165) is 12.2 Å². The Labute approximate surface area is 104 Å². The number of hydrogen-bond donors (Lipinski definition) is 1. The Morgan fingerprint density at radius 2 is 2.06 bits per heavy atom. The van der Waals surface area contributed by atoms with Gasteiger partial charge in [-0.3, -0.25) is 4.98 Å². The summed E-state index contributed by atoms with van der Waals surface area (Å²) in [6.45, 7) is 0.843. The predicted octanol–water partition coefficient (Wildman–Crippen LogP) is 3.91. The van der Waals surface area contributed by atoms with Crippen molar-refractivity contribution in [1.82, 2.24) is 4.98 Å². The maximum absolute atomic E-state index is 4.09. The van der Waals surface area contributed by atoms with Crippen LogP contribution in [-0.4, -0.2) is 4.98 Å². The second-order valence-corrected chi connectivity index (χ2v) is 4.76. The first-order valence-electron chi connectivity index (χ1n) is 5.52. The van der Waals surface area contributed by atoms with Crippen molar-refractivity contribution in [3.8, 4) is 0 Å². The maximum Gasteiger partial charge on any atom is 0.0529 e. The first-order chi connectivity index (χ1) is 8.43. The number of nitrogens with zero attached hydrogens (tertiary/aromatic N) is 1. The van der Waals surface area contributed by atoms with Crippen LogP contribution >= 0.6 is 11.3 Å². The summed E-state index contributed by atoms with van der Waals surface area (Å²) in [4.78, 5) is 4.09. The van der Waals surface area contributed by atoms with Crippen LogP contribution in [0.25, 0.3) is 10.1 Å². The van der Waals surface area contributed by atoms with Crippen molar-refractivity contribution >= 4 is 27.1 Å². The number of anilines is 1. The molecule has 0 amide bonds. The van der Waals surface area contributed by atoms with Crippen LogP contribution in [0, 0.1) is 0 Å². The molecule has 17 heavy (non-hydrogen) atoms. The molecule has 3 aromatic rings. The van der Waals surface area contributed by atoms with Crippen molar-refractivity contribution in [2.45, 2.75) is 6.54 Å². The zero-order chi connectivity index (χ0) is 11.5. The molecule has 0 fully saturated rings. The van der Waals surface area contributed by atoms with E-state index in [9.17, 15) is 0 Å². The number of benzene rings is 1. The van der Waals surface area contributed by atoms with E-state index < -0.39 is 0 Å². The summed E-state index contributed by atoms with van der Waals surface area (Å²) in [6.07, 6.45) is 3.62. The third kappa shape index (κ3) is 2.15. The van der Waals surface area contributed by atoms with E-state index in [1.54, 1.807) is 17.5 Å². The molecule has 0 aliphatic heterocycles. The minimum Gasteiger partial charge on any atom is -0.380 e. The molecule has 0 aliphatic rings. The quantitative estimate of drug-likeness (QED) is 0.750. The van der Waals surface area contributed by atoms with E-state index in [1.165, 1.54) is 15.6 Å². The second kappa shape index (κ2) is 4.55. The fourth-order valence-electron chi connectivity index (χ4n) is 1.83. The highest BCUT2D eigenvalue weighted by Gasteiger charge is 2.02. The minimum atomic E-state index is 0.843. The van der Waals surface area contributed by atoms with Gasteiger partial charge in [-0.2, -0.15) is 0 Å². The molecule has 0 bridgehead atoms. The number of rotatable bonds is 3. The lowest BCUT2D eigenvalue weighted by Gasteiger charge is -2.04. The summed E-state index contributed by atoms with van der Waals surface area (Å²) in [5.41, 5.74) is 2.40. The molecule has 3 rings (SSSR count). The minimum absolute atomic E-state index is 0.843. The van der Waals surface area contributed by atoms with Gasteiger partial charge in [0.1, 0.15) is 0 Å². The van der Waals surface area contributed by atoms with E-state index in [-0.39, 0.29) is 0 Å². The van der Waals surface area contributed by atoms with Gasteiger partial charge in [-0.25, -0.2) is 0 Å². The van der Waals surface area contributed by atoms with Crippen LogP contribution in [0.4, 0.5) is 5.69 Å². The molecule has 0 aliphatic carbocycles. The van der Waals surface area contributed by atoms with Crippen molar-refractivity contribution in [3.63, 3.8) is 0 Å². The first kappa shape index (κ1) is 10.3. The average molecular weight is 240 g/mol. The van der Waals surface area contributed by atoms with E-state index in [1.807, 2.05) is 18.3 Å². The summed E-state index contributed by atoms with van der Waals surface area (Å²) < 4.78 is 1.34. The van der Waals surface area contributed by atoms with E-state index >= 15 is 0 Å². The van der Waals surface area contributed by atoms with E-state index in [2.05, 4.69) is 39.9 Å². The van der Waals surface area contributed by atoms with Crippen LogP contribution in [0.2, 0.25) is 0 Å². The average Bonchev–Trinajstić information content (AvgIpc) is 2.81. The summed E-state index contributed by atoms with van der Waals surface area (Å²) in [6, 6.07) is 12.5. The first-order valence-corrected chi connectivity index (χ1v) is 6.40. The zero-order valence-corrected chi connectivity index (χ0v) is 10.1. The lowest BCUT2D eigenvalue weighted by atomic mass is 10.2. The maximum atomic E-state index is 4.09. The monoisotopic (exact) mass is 240 g/mol. The largest absolute Gasteiger partial charge is 0.380 e. The van der Waals surface area contributed by atoms with Crippen LogP contribution < -0.4 is 5.32 Å². The Morgan fingerprint density at radius 3 is 2.94 bits per heavy atom. The molecule has 0 radical (unpaired) electrons. The van der Waals surface area contributed by atoms with Crippen molar-refractivity contribution in [1.29, 1.82) is 0 Å². The van der Waals surface area contributed by atoms with E-state index in [4.69, 9.17) is 0 Å². The van der Waals surface area contributed by atoms with Gasteiger partial charge in [0.05, 0.1) is 5.69 Å². The van der Waals surface area contributed by atoms with Gasteiger partial charge in [0.2, 0.25) is 0 Å². The molecule has 1 N–H and O–H groups in total. The molecular weight excluding hydrogens is 228 g/mol. The molecule has 0 unspecified atom stereocenters. The number of aromatic nitrogens is 1. The SMILES string of the molecule is c1cncc(NCc2csc3ccccc23)c1. The molecule has 0 spiro atoms. The Hall–Kier alpha value is -1.87. The van der Waals surface area contributed by atoms with Gasteiger partial charge in [-0.15, -0.1) is 11.3 Å². The fourth-order valence-corrected chi connectivity index (χ4v) is 2.80. The number of thiophene rings is 1. The highest BCUT2D eigenvalue weighted by atomic mass is 32.1. The van der Waals surface area contributed by atoms with Crippen LogP contribution in [0.1, 0.15) is 5.56 Å². The molecule has 3 heteroatoms. The molecular formula is C14H12N2S. The van der Waals surface area contributed by atoms with Crippen molar-refractivity contribution in [2.24, 2.45) is 0 Å². The van der Waals surface area contributed by atoms with Gasteiger partial charge in [-0.1, -0.05) is 18.2 Å². The number of hydrogen-bond acceptors (Lipinski definition) is 3. The summed E-state index contributed by atoms with van der Waals surface area (Å²) in [5.74, 6) is 0. The molecule has 0 saturated heterocycles. The molecule has 2 nitrogen and oxygen atoms in total. The molecule has 84 valence electrons. The molecule has 0 saturated carbocycles. The van der Waals surface area contributed by atoms with Crippen LogP contribution in [0.15, 0.2) is 54.2 Å². The van der Waals surface area contributed by atoms with Gasteiger partial charge < -0.3 is 5.32 Å². The summed E-state index contributed by atoms with van der Waals surface area (Å²) in [5, 5.41) is 6.94. The van der Waals surface area contributed by atoms with Gasteiger partial charge in [0.15, 0.2) is 0 Å². The van der Waals surface area contributed by atoms with Crippen molar-refractivity contribution < 1.29 is 0 Å². The Bertz CT molecular complexity index is 616. The summed E-state index contributed by atoms with van der Waals surface area (Å²) >= 11 is 1.79. The second-order valence-electron chi connectivity index (χ2n) is 3.85. The number of nitrogens with one attached hydrogen (secondary N) is 1. The van der Waals surface area contributed by atoms with Crippen molar-refractivity contribution in [2.75, 3.05) is 5.32 Å². The van der Waals surface area contributed by atoms with Crippen LogP contribution in [0.3, 0.4) is 0 Å². The third-order valence-corrected chi connectivity index (χ3v) is 3.72. The van der Waals surface area contributed by atoms with Gasteiger partial charge in [0.25, 0.3) is 0 Å². The van der Waals surface area contributed by atoms with Crippen LogP contribution in [0.5, 0.6) is 0 Å². The fraction of sp³-hybridized carbons (Fsp3) is 0.0714.